The molecular formula is C19H22N2. The van der Waals surface area contributed by atoms with E-state index in [0.717, 1.165) is 6.54 Å². The second-order valence-corrected chi connectivity index (χ2v) is 7.18. The third kappa shape index (κ3) is 1.27. The molecule has 5 rings (SSSR count). The Kier molecular flexibility index (Phi) is 2.24. The average Bonchev–Trinajstić information content (AvgIpc) is 3.08. The first-order chi connectivity index (χ1) is 10.3. The van der Waals surface area contributed by atoms with Crippen molar-refractivity contribution in [2.45, 2.75) is 44.1 Å². The van der Waals surface area contributed by atoms with Gasteiger partial charge in [0.25, 0.3) is 0 Å². The maximum atomic E-state index is 5.07. The number of aliphatic imine (C=N–C) groups is 1. The van der Waals surface area contributed by atoms with Gasteiger partial charge in [-0.3, -0.25) is 9.89 Å². The fourth-order valence-corrected chi connectivity index (χ4v) is 5.73. The van der Waals surface area contributed by atoms with Crippen LogP contribution < -0.4 is 0 Å². The molecule has 3 aliphatic heterocycles. The third-order valence-electron chi connectivity index (χ3n) is 6.60. The largest absolute Gasteiger partial charge is 0.295 e. The van der Waals surface area contributed by atoms with Crippen molar-refractivity contribution < 1.29 is 0 Å². The summed E-state index contributed by atoms with van der Waals surface area (Å²) in [4.78, 5) is 7.80. The minimum absolute atomic E-state index is 0.218. The highest BCUT2D eigenvalue weighted by Gasteiger charge is 2.63. The molecular weight excluding hydrogens is 256 g/mol. The van der Waals surface area contributed by atoms with Crippen LogP contribution in [0.4, 0.5) is 5.69 Å². The van der Waals surface area contributed by atoms with Gasteiger partial charge in [-0.2, -0.15) is 0 Å². The molecule has 1 spiro atoms. The van der Waals surface area contributed by atoms with Crippen molar-refractivity contribution in [1.82, 2.24) is 4.90 Å². The number of nitrogens with zero attached hydrogens (tertiary/aromatic N) is 2. The summed E-state index contributed by atoms with van der Waals surface area (Å²) in [5.74, 6) is 0. The van der Waals surface area contributed by atoms with Crippen LogP contribution in [0.15, 0.2) is 41.4 Å². The Hall–Kier alpha value is -1.41. The molecule has 2 fully saturated rings. The van der Waals surface area contributed by atoms with E-state index < -0.39 is 0 Å². The van der Waals surface area contributed by atoms with Gasteiger partial charge in [0.05, 0.1) is 11.1 Å². The molecule has 1 aromatic rings. The van der Waals surface area contributed by atoms with Crippen molar-refractivity contribution in [2.75, 3.05) is 13.1 Å². The Labute approximate surface area is 126 Å². The van der Waals surface area contributed by atoms with Gasteiger partial charge in [0.2, 0.25) is 0 Å². The topological polar surface area (TPSA) is 15.6 Å². The number of para-hydroxylation sites is 1. The normalized spacial score (nSPS) is 39.7. The molecule has 0 unspecified atom stereocenters. The van der Waals surface area contributed by atoms with E-state index in [2.05, 4.69) is 48.2 Å². The van der Waals surface area contributed by atoms with Crippen LogP contribution >= 0.6 is 0 Å². The summed E-state index contributed by atoms with van der Waals surface area (Å²) in [5, 5.41) is 0. The lowest BCUT2D eigenvalue weighted by atomic mass is 9.54. The zero-order chi connectivity index (χ0) is 14.1. The van der Waals surface area contributed by atoms with E-state index in [-0.39, 0.29) is 5.41 Å². The highest BCUT2D eigenvalue weighted by Crippen LogP contribution is 2.61. The van der Waals surface area contributed by atoms with Crippen LogP contribution in [0.1, 0.15) is 38.2 Å². The molecule has 0 N–H and O–H groups in total. The number of benzene rings is 1. The first-order valence-electron chi connectivity index (χ1n) is 8.39. The van der Waals surface area contributed by atoms with Gasteiger partial charge < -0.3 is 0 Å². The molecule has 21 heavy (non-hydrogen) atoms. The second-order valence-electron chi connectivity index (χ2n) is 7.18. The number of hydrogen-bond donors (Lipinski definition) is 0. The molecule has 0 aromatic heterocycles. The number of rotatable bonds is 1. The first-order valence-corrected chi connectivity index (χ1v) is 8.39. The SMILES string of the molecule is CC[C@]12C=CCN3CC[C@@]4(C(=Nc5ccccc54)CC1)[C@@H]32. The van der Waals surface area contributed by atoms with Gasteiger partial charge in [0, 0.05) is 30.3 Å². The fourth-order valence-electron chi connectivity index (χ4n) is 5.73. The van der Waals surface area contributed by atoms with Gasteiger partial charge in [0.1, 0.15) is 0 Å². The van der Waals surface area contributed by atoms with E-state index in [9.17, 15) is 0 Å². The highest BCUT2D eigenvalue weighted by atomic mass is 15.2. The molecule has 4 aliphatic rings. The summed E-state index contributed by atoms with van der Waals surface area (Å²) in [6.45, 7) is 4.73. The molecule has 1 saturated carbocycles. The maximum Gasteiger partial charge on any atom is 0.0671 e. The monoisotopic (exact) mass is 278 g/mol. The molecule has 2 heteroatoms. The van der Waals surface area contributed by atoms with Crippen molar-refractivity contribution in [3.8, 4) is 0 Å². The van der Waals surface area contributed by atoms with Crippen molar-refractivity contribution in [1.29, 1.82) is 0 Å². The lowest BCUT2D eigenvalue weighted by Gasteiger charge is -2.54. The quantitative estimate of drug-likeness (QED) is 0.713. The molecule has 1 aromatic carbocycles. The fraction of sp³-hybridized carbons (Fsp3) is 0.526. The van der Waals surface area contributed by atoms with Crippen LogP contribution in [0.3, 0.4) is 0 Å². The van der Waals surface area contributed by atoms with Gasteiger partial charge in [0.15, 0.2) is 0 Å². The molecule has 1 saturated heterocycles. The van der Waals surface area contributed by atoms with Crippen molar-refractivity contribution >= 4 is 11.4 Å². The Morgan fingerprint density at radius 3 is 3.10 bits per heavy atom. The first kappa shape index (κ1) is 12.2. The zero-order valence-corrected chi connectivity index (χ0v) is 12.7. The van der Waals surface area contributed by atoms with E-state index in [0.29, 0.717) is 11.5 Å². The molecule has 3 heterocycles. The standard InChI is InChI=1S/C19H22N2/c1-2-18-9-5-12-21-13-11-19(17(18)21)14-6-3-4-7-15(14)20-16(19)8-10-18/h3-7,9,17H,2,8,10-13H2,1H3/t17-,18-,19+/m0/s1. The maximum absolute atomic E-state index is 5.07. The molecule has 0 amide bonds. The van der Waals surface area contributed by atoms with Crippen LogP contribution in [0.25, 0.3) is 0 Å². The van der Waals surface area contributed by atoms with Gasteiger partial charge in [-0.25, -0.2) is 0 Å². The number of fused-ring (bicyclic) bond motifs is 1. The van der Waals surface area contributed by atoms with E-state index >= 15 is 0 Å². The minimum Gasteiger partial charge on any atom is -0.295 e. The van der Waals surface area contributed by atoms with Gasteiger partial charge in [-0.15, -0.1) is 0 Å². The van der Waals surface area contributed by atoms with Crippen LogP contribution in [-0.4, -0.2) is 29.7 Å². The van der Waals surface area contributed by atoms with Crippen LogP contribution in [0, 0.1) is 5.41 Å². The molecule has 3 atom stereocenters. The molecule has 1 aliphatic carbocycles. The highest BCUT2D eigenvalue weighted by molar-refractivity contribution is 6.04. The molecule has 0 radical (unpaired) electrons. The molecule has 0 bridgehead atoms. The van der Waals surface area contributed by atoms with Crippen molar-refractivity contribution in [3.63, 3.8) is 0 Å². The van der Waals surface area contributed by atoms with Crippen LogP contribution in [0.5, 0.6) is 0 Å². The summed E-state index contributed by atoms with van der Waals surface area (Å²) < 4.78 is 0. The van der Waals surface area contributed by atoms with Crippen LogP contribution in [0.2, 0.25) is 0 Å². The Bertz CT molecular complexity index is 674. The summed E-state index contributed by atoms with van der Waals surface area (Å²) in [6, 6.07) is 9.53. The van der Waals surface area contributed by atoms with E-state index in [1.165, 1.54) is 49.2 Å². The average molecular weight is 278 g/mol. The summed E-state index contributed by atoms with van der Waals surface area (Å²) >= 11 is 0. The Morgan fingerprint density at radius 1 is 1.29 bits per heavy atom. The predicted molar refractivity (Wildman–Crippen MR) is 86.3 cm³/mol. The minimum atomic E-state index is 0.218. The smallest absolute Gasteiger partial charge is 0.0671 e. The predicted octanol–water partition coefficient (Wildman–Crippen LogP) is 3.84. The second kappa shape index (κ2) is 3.86. The lowest BCUT2D eigenvalue weighted by molar-refractivity contribution is 0.0850. The molecule has 2 nitrogen and oxygen atoms in total. The Morgan fingerprint density at radius 2 is 2.19 bits per heavy atom. The zero-order valence-electron chi connectivity index (χ0n) is 12.7. The van der Waals surface area contributed by atoms with Gasteiger partial charge in [-0.05, 0) is 37.3 Å². The summed E-state index contributed by atoms with van der Waals surface area (Å²) in [7, 11) is 0. The van der Waals surface area contributed by atoms with Crippen LogP contribution in [-0.2, 0) is 5.41 Å². The summed E-state index contributed by atoms with van der Waals surface area (Å²) in [6.07, 6.45) is 9.94. The van der Waals surface area contributed by atoms with Crippen molar-refractivity contribution in [2.24, 2.45) is 10.4 Å². The van der Waals surface area contributed by atoms with Gasteiger partial charge >= 0.3 is 0 Å². The lowest BCUT2D eigenvalue weighted by Crippen LogP contribution is -2.60. The third-order valence-corrected chi connectivity index (χ3v) is 6.60. The van der Waals surface area contributed by atoms with E-state index in [1.54, 1.807) is 0 Å². The number of hydrogen-bond acceptors (Lipinski definition) is 2. The molecule has 108 valence electrons. The Balaban J connectivity index is 1.78. The van der Waals surface area contributed by atoms with E-state index in [4.69, 9.17) is 4.99 Å². The van der Waals surface area contributed by atoms with E-state index in [1.807, 2.05) is 0 Å². The van der Waals surface area contributed by atoms with Gasteiger partial charge in [-0.1, -0.05) is 37.3 Å². The summed E-state index contributed by atoms with van der Waals surface area (Å²) in [5.41, 5.74) is 4.83. The van der Waals surface area contributed by atoms with Crippen molar-refractivity contribution in [3.05, 3.63) is 42.0 Å².